The largest absolute Gasteiger partial charge is 0.288 e. The zero-order valence-corrected chi connectivity index (χ0v) is 10.0. The van der Waals surface area contributed by atoms with Crippen molar-refractivity contribution in [1.29, 1.82) is 0 Å². The van der Waals surface area contributed by atoms with Crippen LogP contribution >= 0.6 is 11.3 Å². The summed E-state index contributed by atoms with van der Waals surface area (Å²) in [6.45, 7) is 0. The fourth-order valence-electron chi connectivity index (χ4n) is 2.48. The number of pyridine rings is 1. The van der Waals surface area contributed by atoms with E-state index in [-0.39, 0.29) is 11.3 Å². The molecule has 0 bridgehead atoms. The van der Waals surface area contributed by atoms with Crippen molar-refractivity contribution in [3.63, 3.8) is 0 Å². The van der Waals surface area contributed by atoms with Crippen LogP contribution in [0.2, 0.25) is 0 Å². The number of hydrogen-bond acceptors (Lipinski definition) is 3. The van der Waals surface area contributed by atoms with E-state index in [1.54, 1.807) is 16.7 Å². The van der Waals surface area contributed by atoms with E-state index in [4.69, 9.17) is 0 Å². The number of aromatic nitrogens is 1. The summed E-state index contributed by atoms with van der Waals surface area (Å²) in [7, 11) is 0. The Labute approximate surface area is 106 Å². The van der Waals surface area contributed by atoms with Crippen molar-refractivity contribution in [1.82, 2.24) is 4.57 Å². The Morgan fingerprint density at radius 2 is 1.78 bits per heavy atom. The summed E-state index contributed by atoms with van der Waals surface area (Å²) < 4.78 is 2.28. The maximum absolute atomic E-state index is 12.4. The van der Waals surface area contributed by atoms with Gasteiger partial charge in [-0.25, -0.2) is 0 Å². The predicted molar refractivity (Wildman–Crippen MR) is 71.2 cm³/mol. The molecule has 0 unspecified atom stereocenters. The number of carbonyl (C=O) groups excluding carboxylic acids is 1. The first-order chi connectivity index (χ1) is 8.77. The molecule has 1 aliphatic rings. The van der Waals surface area contributed by atoms with Gasteiger partial charge in [0.15, 0.2) is 5.43 Å². The molecule has 3 nitrogen and oxygen atoms in total. The van der Waals surface area contributed by atoms with Crippen LogP contribution in [0.15, 0.2) is 46.6 Å². The molecule has 3 aromatic rings. The van der Waals surface area contributed by atoms with Crippen molar-refractivity contribution in [2.75, 3.05) is 0 Å². The normalized spacial score (nSPS) is 12.8. The van der Waals surface area contributed by atoms with Crippen LogP contribution in [0.25, 0.3) is 21.5 Å². The Balaban J connectivity index is 2.26. The van der Waals surface area contributed by atoms with Crippen molar-refractivity contribution in [2.24, 2.45) is 0 Å². The van der Waals surface area contributed by atoms with Crippen LogP contribution in [-0.2, 0) is 0 Å². The molecule has 0 atom stereocenters. The Hall–Kier alpha value is -2.20. The fraction of sp³-hybridized carbons (Fsp3) is 0. The zero-order chi connectivity index (χ0) is 12.3. The lowest BCUT2D eigenvalue weighted by atomic mass is 10.1. The van der Waals surface area contributed by atoms with Gasteiger partial charge in [0.05, 0.1) is 15.9 Å². The summed E-state index contributed by atoms with van der Waals surface area (Å²) >= 11 is 1.38. The molecular formula is C14H7NO2S. The highest BCUT2D eigenvalue weighted by molar-refractivity contribution is 7.17. The number of benzene rings is 1. The van der Waals surface area contributed by atoms with Gasteiger partial charge in [-0.05, 0) is 17.5 Å². The Morgan fingerprint density at radius 3 is 2.61 bits per heavy atom. The quantitative estimate of drug-likeness (QED) is 0.483. The number of rotatable bonds is 0. The molecular weight excluding hydrogens is 246 g/mol. The van der Waals surface area contributed by atoms with Gasteiger partial charge >= 0.3 is 0 Å². The van der Waals surface area contributed by atoms with Gasteiger partial charge in [-0.1, -0.05) is 18.2 Å². The van der Waals surface area contributed by atoms with Gasteiger partial charge in [-0.2, -0.15) is 0 Å². The van der Waals surface area contributed by atoms with Crippen molar-refractivity contribution in [2.45, 2.75) is 0 Å². The average Bonchev–Trinajstić information content (AvgIpc) is 2.95. The van der Waals surface area contributed by atoms with Gasteiger partial charge in [0.2, 0.25) is 0 Å². The lowest BCUT2D eigenvalue weighted by Gasteiger charge is -2.03. The summed E-state index contributed by atoms with van der Waals surface area (Å²) in [6.07, 6.45) is 0. The first kappa shape index (κ1) is 9.79. The molecule has 0 amide bonds. The second-order valence-corrected chi connectivity index (χ2v) is 5.13. The van der Waals surface area contributed by atoms with Crippen LogP contribution in [0.5, 0.6) is 0 Å². The van der Waals surface area contributed by atoms with E-state index in [9.17, 15) is 9.59 Å². The number of carbonyl (C=O) groups is 1. The Kier molecular flexibility index (Phi) is 1.73. The van der Waals surface area contributed by atoms with Gasteiger partial charge in [0, 0.05) is 17.2 Å². The molecule has 0 spiro atoms. The van der Waals surface area contributed by atoms with Crippen LogP contribution in [-0.4, -0.2) is 10.5 Å². The lowest BCUT2D eigenvalue weighted by Crippen LogP contribution is -2.11. The second-order valence-electron chi connectivity index (χ2n) is 4.21. The molecule has 0 N–H and O–H groups in total. The van der Waals surface area contributed by atoms with Gasteiger partial charge in [0.1, 0.15) is 0 Å². The van der Waals surface area contributed by atoms with Crippen LogP contribution in [0.1, 0.15) is 10.4 Å². The van der Waals surface area contributed by atoms with E-state index in [1.807, 2.05) is 29.6 Å². The minimum Gasteiger partial charge on any atom is -0.288 e. The van der Waals surface area contributed by atoms with E-state index in [0.717, 1.165) is 5.56 Å². The molecule has 1 aromatic carbocycles. The molecule has 4 rings (SSSR count). The van der Waals surface area contributed by atoms with Crippen molar-refractivity contribution < 1.29 is 4.79 Å². The highest BCUT2D eigenvalue weighted by Crippen LogP contribution is 2.34. The van der Waals surface area contributed by atoms with Gasteiger partial charge < -0.3 is 0 Å². The van der Waals surface area contributed by atoms with Crippen LogP contribution < -0.4 is 5.43 Å². The van der Waals surface area contributed by atoms with E-state index in [1.165, 1.54) is 11.3 Å². The van der Waals surface area contributed by atoms with Gasteiger partial charge in [-0.15, -0.1) is 11.3 Å². The highest BCUT2D eigenvalue weighted by Gasteiger charge is 2.27. The third-order valence-electron chi connectivity index (χ3n) is 3.25. The third kappa shape index (κ3) is 1.03. The number of fused-ring (bicyclic) bond motifs is 5. The minimum absolute atomic E-state index is 0.0178. The third-order valence-corrected chi connectivity index (χ3v) is 4.17. The topological polar surface area (TPSA) is 39.1 Å². The summed E-state index contributed by atoms with van der Waals surface area (Å²) in [5, 5.41) is 1.84. The van der Waals surface area contributed by atoms with E-state index in [0.29, 0.717) is 21.5 Å². The molecule has 0 fully saturated rings. The maximum atomic E-state index is 12.4. The maximum Gasteiger partial charge on any atom is 0.263 e. The fourth-order valence-corrected chi connectivity index (χ4v) is 3.27. The zero-order valence-electron chi connectivity index (χ0n) is 9.21. The average molecular weight is 253 g/mol. The Bertz CT molecular complexity index is 873. The molecule has 86 valence electrons. The van der Waals surface area contributed by atoms with Gasteiger partial charge in [0.25, 0.3) is 5.91 Å². The van der Waals surface area contributed by atoms with E-state index >= 15 is 0 Å². The number of thiophene rings is 1. The monoisotopic (exact) mass is 253 g/mol. The van der Waals surface area contributed by atoms with Crippen molar-refractivity contribution in [3.05, 3.63) is 57.6 Å². The molecule has 0 radical (unpaired) electrons. The smallest absolute Gasteiger partial charge is 0.263 e. The molecule has 18 heavy (non-hydrogen) atoms. The second kappa shape index (κ2) is 3.17. The number of nitrogens with zero attached hydrogens (tertiary/aromatic N) is 1. The van der Waals surface area contributed by atoms with E-state index in [2.05, 4.69) is 0 Å². The summed E-state index contributed by atoms with van der Waals surface area (Å²) in [5.41, 5.74) is 2.90. The first-order valence-corrected chi connectivity index (χ1v) is 6.43. The standard InChI is InChI=1S/C14H7NO2S/c16-12-7-11-8-3-1-2-4-9(8)14(17)15(11)10-5-6-18-13(10)12/h1-7H. The lowest BCUT2D eigenvalue weighted by molar-refractivity contribution is 0.0973. The van der Waals surface area contributed by atoms with Crippen LogP contribution in [0.3, 0.4) is 0 Å². The summed E-state index contributed by atoms with van der Waals surface area (Å²) in [6, 6.07) is 10.8. The van der Waals surface area contributed by atoms with Crippen LogP contribution in [0, 0.1) is 0 Å². The van der Waals surface area contributed by atoms with Crippen LogP contribution in [0.4, 0.5) is 0 Å². The molecule has 0 saturated heterocycles. The SMILES string of the molecule is O=C1c2ccccc2-c2cc(=O)c3sccc3n21. The summed E-state index contributed by atoms with van der Waals surface area (Å²) in [5.74, 6) is -0.0519. The molecule has 2 aromatic heterocycles. The first-order valence-electron chi connectivity index (χ1n) is 5.55. The molecule has 1 aliphatic heterocycles. The minimum atomic E-state index is -0.0519. The van der Waals surface area contributed by atoms with Crippen molar-refractivity contribution >= 4 is 27.5 Å². The molecule has 0 aliphatic carbocycles. The molecule has 0 saturated carbocycles. The van der Waals surface area contributed by atoms with Gasteiger partial charge in [-0.3, -0.25) is 14.2 Å². The van der Waals surface area contributed by atoms with E-state index < -0.39 is 0 Å². The highest BCUT2D eigenvalue weighted by atomic mass is 32.1. The molecule has 3 heterocycles. The predicted octanol–water partition coefficient (Wildman–Crippen LogP) is 2.73. The van der Waals surface area contributed by atoms with Crippen molar-refractivity contribution in [3.8, 4) is 11.3 Å². The number of hydrogen-bond donors (Lipinski definition) is 0. The Morgan fingerprint density at radius 1 is 1.00 bits per heavy atom. The summed E-state index contributed by atoms with van der Waals surface area (Å²) in [4.78, 5) is 24.4. The molecule has 4 heteroatoms.